The highest BCUT2D eigenvalue weighted by molar-refractivity contribution is 8.26. The van der Waals surface area contributed by atoms with Gasteiger partial charge >= 0.3 is 0 Å². The zero-order valence-electron chi connectivity index (χ0n) is 17.6. The highest BCUT2D eigenvalue weighted by Crippen LogP contribution is 2.35. The standard InChI is InChI=1S/C23H19N3O4S2/c1-14-17(21(27)26(24-14)16-7-5-4-6-8-16)13-25-22(28)20(32-23(25)31)12-15-9-10-18(29-2)19(11-15)30-3/h4-13H,1-3H3/b17-13+,20-12-. The number of benzene rings is 2. The third-order valence-electron chi connectivity index (χ3n) is 4.85. The summed E-state index contributed by atoms with van der Waals surface area (Å²) in [5.41, 5.74) is 2.24. The Labute approximate surface area is 195 Å². The van der Waals surface area contributed by atoms with Crippen molar-refractivity contribution in [2.45, 2.75) is 6.92 Å². The first-order valence-electron chi connectivity index (χ1n) is 9.59. The monoisotopic (exact) mass is 465 g/mol. The molecule has 162 valence electrons. The Morgan fingerprint density at radius 1 is 1.00 bits per heavy atom. The summed E-state index contributed by atoms with van der Waals surface area (Å²) >= 11 is 6.58. The fourth-order valence-electron chi connectivity index (χ4n) is 3.23. The second-order valence-electron chi connectivity index (χ2n) is 6.85. The summed E-state index contributed by atoms with van der Waals surface area (Å²) in [7, 11) is 3.11. The molecule has 0 aliphatic carbocycles. The van der Waals surface area contributed by atoms with Crippen molar-refractivity contribution in [2.24, 2.45) is 5.10 Å². The Morgan fingerprint density at radius 2 is 1.72 bits per heavy atom. The molecule has 2 aliphatic heterocycles. The van der Waals surface area contributed by atoms with E-state index in [9.17, 15) is 9.59 Å². The minimum atomic E-state index is -0.313. The first kappa shape index (κ1) is 21.8. The molecule has 32 heavy (non-hydrogen) atoms. The van der Waals surface area contributed by atoms with Gasteiger partial charge in [-0.2, -0.15) is 10.1 Å². The van der Waals surface area contributed by atoms with Crippen LogP contribution < -0.4 is 14.5 Å². The number of hydrogen-bond acceptors (Lipinski definition) is 7. The number of hydrazone groups is 1. The second-order valence-corrected chi connectivity index (χ2v) is 8.52. The highest BCUT2D eigenvalue weighted by Gasteiger charge is 2.35. The lowest BCUT2D eigenvalue weighted by Crippen LogP contribution is -2.26. The average molecular weight is 466 g/mol. The van der Waals surface area contributed by atoms with Crippen LogP contribution in [-0.4, -0.2) is 41.0 Å². The Morgan fingerprint density at radius 3 is 2.41 bits per heavy atom. The van der Waals surface area contributed by atoms with Gasteiger partial charge in [-0.05, 0) is 42.8 Å². The van der Waals surface area contributed by atoms with Gasteiger partial charge in [-0.1, -0.05) is 48.2 Å². The van der Waals surface area contributed by atoms with Crippen molar-refractivity contribution in [2.75, 3.05) is 19.2 Å². The van der Waals surface area contributed by atoms with Crippen molar-refractivity contribution < 1.29 is 19.1 Å². The molecular weight excluding hydrogens is 446 g/mol. The van der Waals surface area contributed by atoms with Crippen molar-refractivity contribution in [3.05, 3.63) is 70.8 Å². The quantitative estimate of drug-likeness (QED) is 0.487. The van der Waals surface area contributed by atoms with Gasteiger partial charge in [-0.3, -0.25) is 14.5 Å². The summed E-state index contributed by atoms with van der Waals surface area (Å²) in [4.78, 5) is 27.7. The number of rotatable bonds is 5. The van der Waals surface area contributed by atoms with Crippen LogP contribution in [0.3, 0.4) is 0 Å². The van der Waals surface area contributed by atoms with Crippen LogP contribution in [0, 0.1) is 0 Å². The molecule has 0 aromatic heterocycles. The first-order valence-corrected chi connectivity index (χ1v) is 10.8. The van der Waals surface area contributed by atoms with Gasteiger partial charge in [0.25, 0.3) is 11.8 Å². The summed E-state index contributed by atoms with van der Waals surface area (Å²) in [6.07, 6.45) is 3.20. The van der Waals surface area contributed by atoms with Crippen LogP contribution in [-0.2, 0) is 9.59 Å². The molecule has 0 spiro atoms. The molecule has 2 aromatic carbocycles. The Bertz CT molecular complexity index is 1200. The molecular formula is C23H19N3O4S2. The van der Waals surface area contributed by atoms with Crippen molar-refractivity contribution in [1.29, 1.82) is 0 Å². The number of amides is 2. The fourth-order valence-corrected chi connectivity index (χ4v) is 4.43. The number of para-hydroxylation sites is 1. The molecule has 4 rings (SSSR count). The normalized spacial score (nSPS) is 18.7. The fraction of sp³-hybridized carbons (Fsp3) is 0.130. The Kier molecular flexibility index (Phi) is 6.11. The predicted molar refractivity (Wildman–Crippen MR) is 130 cm³/mol. The molecule has 0 radical (unpaired) electrons. The van der Waals surface area contributed by atoms with Crippen LogP contribution in [0.25, 0.3) is 6.08 Å². The van der Waals surface area contributed by atoms with E-state index < -0.39 is 0 Å². The summed E-state index contributed by atoms with van der Waals surface area (Å²) in [6, 6.07) is 14.5. The minimum Gasteiger partial charge on any atom is -0.493 e. The predicted octanol–water partition coefficient (Wildman–Crippen LogP) is 4.21. The maximum Gasteiger partial charge on any atom is 0.282 e. The largest absolute Gasteiger partial charge is 0.493 e. The Balaban J connectivity index is 1.60. The van der Waals surface area contributed by atoms with Crippen molar-refractivity contribution in [1.82, 2.24) is 4.90 Å². The van der Waals surface area contributed by atoms with E-state index in [0.717, 1.165) is 5.56 Å². The lowest BCUT2D eigenvalue weighted by Gasteiger charge is -2.12. The maximum absolute atomic E-state index is 13.0. The van der Waals surface area contributed by atoms with Crippen LogP contribution in [0.15, 0.2) is 70.3 Å². The van der Waals surface area contributed by atoms with E-state index in [4.69, 9.17) is 21.7 Å². The van der Waals surface area contributed by atoms with Crippen molar-refractivity contribution in [3.63, 3.8) is 0 Å². The van der Waals surface area contributed by atoms with Crippen molar-refractivity contribution >= 4 is 57.6 Å². The van der Waals surface area contributed by atoms with E-state index in [-0.39, 0.29) is 11.8 Å². The highest BCUT2D eigenvalue weighted by atomic mass is 32.2. The Hall–Kier alpha value is -3.43. The van der Waals surface area contributed by atoms with Gasteiger partial charge in [0, 0.05) is 6.20 Å². The molecule has 7 nitrogen and oxygen atoms in total. The molecule has 0 bridgehead atoms. The van der Waals surface area contributed by atoms with Gasteiger partial charge in [0.2, 0.25) is 0 Å². The third-order valence-corrected chi connectivity index (χ3v) is 6.18. The smallest absolute Gasteiger partial charge is 0.282 e. The molecule has 0 N–H and O–H groups in total. The molecule has 9 heteroatoms. The molecule has 0 saturated carbocycles. The van der Waals surface area contributed by atoms with Gasteiger partial charge in [-0.15, -0.1) is 0 Å². The molecule has 2 amide bonds. The minimum absolute atomic E-state index is 0.305. The maximum atomic E-state index is 13.0. The number of hydrogen-bond donors (Lipinski definition) is 0. The van der Waals surface area contributed by atoms with Gasteiger partial charge in [0.1, 0.15) is 0 Å². The molecule has 2 heterocycles. The van der Waals surface area contributed by atoms with Crippen LogP contribution in [0.2, 0.25) is 0 Å². The summed E-state index contributed by atoms with van der Waals surface area (Å²) in [5.74, 6) is 0.537. The molecule has 2 aromatic rings. The van der Waals surface area contributed by atoms with E-state index >= 15 is 0 Å². The first-order chi connectivity index (χ1) is 15.4. The lowest BCUT2D eigenvalue weighted by atomic mass is 10.1. The summed E-state index contributed by atoms with van der Waals surface area (Å²) < 4.78 is 10.9. The third kappa shape index (κ3) is 4.04. The topological polar surface area (TPSA) is 71.4 Å². The number of thioether (sulfide) groups is 1. The van der Waals surface area contributed by atoms with Crippen LogP contribution in [0.5, 0.6) is 11.5 Å². The number of ether oxygens (including phenoxy) is 2. The zero-order chi connectivity index (χ0) is 22.8. The van der Waals surface area contributed by atoms with E-state index in [1.54, 1.807) is 51.5 Å². The van der Waals surface area contributed by atoms with E-state index in [1.807, 2.05) is 24.3 Å². The van der Waals surface area contributed by atoms with E-state index in [1.165, 1.54) is 27.9 Å². The van der Waals surface area contributed by atoms with E-state index in [0.29, 0.717) is 37.7 Å². The molecule has 2 aliphatic rings. The van der Waals surface area contributed by atoms with Crippen molar-refractivity contribution in [3.8, 4) is 11.5 Å². The SMILES string of the molecule is COc1ccc(/C=C2\SC(=S)N(/C=C3/C(=O)N(c4ccccc4)N=C3C)C2=O)cc1OC. The molecule has 1 saturated heterocycles. The number of nitrogens with zero attached hydrogens (tertiary/aromatic N) is 3. The molecule has 0 atom stereocenters. The molecule has 1 fully saturated rings. The number of thiocarbonyl (C=S) groups is 1. The summed E-state index contributed by atoms with van der Waals surface area (Å²) in [6.45, 7) is 1.73. The van der Waals surface area contributed by atoms with Gasteiger partial charge in [0.15, 0.2) is 15.8 Å². The lowest BCUT2D eigenvalue weighted by molar-refractivity contribution is -0.120. The summed E-state index contributed by atoms with van der Waals surface area (Å²) in [5, 5.41) is 5.66. The van der Waals surface area contributed by atoms with Crippen LogP contribution >= 0.6 is 24.0 Å². The van der Waals surface area contributed by atoms with Crippen LogP contribution in [0.1, 0.15) is 12.5 Å². The van der Waals surface area contributed by atoms with Crippen LogP contribution in [0.4, 0.5) is 5.69 Å². The van der Waals surface area contributed by atoms with E-state index in [2.05, 4.69) is 5.10 Å². The average Bonchev–Trinajstić information content (AvgIpc) is 3.24. The number of carbonyl (C=O) groups is 2. The van der Waals surface area contributed by atoms with Gasteiger partial charge < -0.3 is 9.47 Å². The molecule has 0 unspecified atom stereocenters. The number of methoxy groups -OCH3 is 2. The number of anilines is 1. The zero-order valence-corrected chi connectivity index (χ0v) is 19.2. The van der Waals surface area contributed by atoms with Gasteiger partial charge in [-0.25, -0.2) is 0 Å². The second kappa shape index (κ2) is 8.97. The van der Waals surface area contributed by atoms with Gasteiger partial charge in [0.05, 0.1) is 36.1 Å². The number of carbonyl (C=O) groups excluding carboxylic acids is 2.